The maximum absolute atomic E-state index is 13.8. The van der Waals surface area contributed by atoms with E-state index < -0.39 is 17.0 Å². The van der Waals surface area contributed by atoms with Gasteiger partial charge in [0.2, 0.25) is 5.82 Å². The van der Waals surface area contributed by atoms with E-state index in [1.807, 2.05) is 0 Å². The van der Waals surface area contributed by atoms with Crippen LogP contribution in [0.25, 0.3) is 0 Å². The molecule has 0 spiro atoms. The van der Waals surface area contributed by atoms with Crippen LogP contribution in [0.15, 0.2) is 18.2 Å². The number of hydrogen-bond donors (Lipinski definition) is 0. The topological polar surface area (TPSA) is 26.3 Å². The highest BCUT2D eigenvalue weighted by Crippen LogP contribution is 2.60. The van der Waals surface area contributed by atoms with Gasteiger partial charge in [-0.1, -0.05) is 33.3 Å². The number of benzene rings is 1. The monoisotopic (exact) mass is 336 g/mol. The third kappa shape index (κ3) is 3.07. The lowest BCUT2D eigenvalue weighted by atomic mass is 9.64. The van der Waals surface area contributed by atoms with Gasteiger partial charge in [-0.15, -0.1) is 0 Å². The second-order valence-electron chi connectivity index (χ2n) is 8.03. The summed E-state index contributed by atoms with van der Waals surface area (Å²) < 4.78 is 32.5. The Bertz CT molecular complexity index is 622. The van der Waals surface area contributed by atoms with Crippen LogP contribution in [0.4, 0.5) is 8.78 Å². The lowest BCUT2D eigenvalue weighted by Crippen LogP contribution is -2.39. The van der Waals surface area contributed by atoms with Crippen molar-refractivity contribution in [3.05, 3.63) is 29.8 Å². The Morgan fingerprint density at radius 2 is 1.96 bits per heavy atom. The largest absolute Gasteiger partial charge is 0.423 e. The van der Waals surface area contributed by atoms with E-state index in [4.69, 9.17) is 4.74 Å². The zero-order valence-corrected chi connectivity index (χ0v) is 14.6. The van der Waals surface area contributed by atoms with Gasteiger partial charge >= 0.3 is 5.97 Å². The Balaban J connectivity index is 1.81. The van der Waals surface area contributed by atoms with E-state index in [2.05, 4.69) is 20.8 Å². The van der Waals surface area contributed by atoms with Gasteiger partial charge in [0.05, 0.1) is 5.41 Å². The first-order chi connectivity index (χ1) is 11.3. The van der Waals surface area contributed by atoms with Crippen molar-refractivity contribution in [3.8, 4) is 5.75 Å². The fourth-order valence-corrected chi connectivity index (χ4v) is 4.46. The fraction of sp³-hybridized carbons (Fsp3) is 0.650. The lowest BCUT2D eigenvalue weighted by molar-refractivity contribution is -0.145. The van der Waals surface area contributed by atoms with E-state index in [-0.39, 0.29) is 17.6 Å². The van der Waals surface area contributed by atoms with Gasteiger partial charge in [0.25, 0.3) is 0 Å². The number of carbonyl (C=O) groups is 1. The molecule has 132 valence electrons. The van der Waals surface area contributed by atoms with Crippen molar-refractivity contribution in [3.63, 3.8) is 0 Å². The summed E-state index contributed by atoms with van der Waals surface area (Å²) in [5.74, 6) is -0.859. The molecule has 4 heteroatoms. The van der Waals surface area contributed by atoms with Crippen molar-refractivity contribution in [1.29, 1.82) is 0 Å². The normalized spacial score (nSPS) is 28.7. The van der Waals surface area contributed by atoms with Crippen LogP contribution >= 0.6 is 0 Å². The van der Waals surface area contributed by atoms with Crippen LogP contribution in [0, 0.1) is 40.7 Å². The van der Waals surface area contributed by atoms with Gasteiger partial charge < -0.3 is 4.74 Å². The van der Waals surface area contributed by atoms with Crippen molar-refractivity contribution in [1.82, 2.24) is 0 Å². The highest BCUT2D eigenvalue weighted by Gasteiger charge is 2.60. The van der Waals surface area contributed by atoms with Gasteiger partial charge in [-0.05, 0) is 61.5 Å². The molecule has 1 aromatic rings. The molecule has 2 saturated carbocycles. The predicted octanol–water partition coefficient (Wildman–Crippen LogP) is 5.36. The van der Waals surface area contributed by atoms with E-state index in [0.29, 0.717) is 17.8 Å². The van der Waals surface area contributed by atoms with Gasteiger partial charge in [0.15, 0.2) is 11.6 Å². The molecule has 0 aliphatic heterocycles. The molecule has 2 nitrogen and oxygen atoms in total. The van der Waals surface area contributed by atoms with E-state index in [9.17, 15) is 13.6 Å². The van der Waals surface area contributed by atoms with Crippen LogP contribution in [0.3, 0.4) is 0 Å². The number of hydrogen-bond acceptors (Lipinski definition) is 2. The highest BCUT2D eigenvalue weighted by atomic mass is 19.2. The second kappa shape index (κ2) is 6.45. The Kier molecular flexibility index (Phi) is 4.67. The molecule has 0 saturated heterocycles. The Hall–Kier alpha value is -1.45. The third-order valence-corrected chi connectivity index (χ3v) is 6.05. The molecule has 2 aliphatic rings. The first-order valence-electron chi connectivity index (χ1n) is 9.01. The van der Waals surface area contributed by atoms with Crippen LogP contribution in [0.2, 0.25) is 0 Å². The summed E-state index contributed by atoms with van der Waals surface area (Å²) in [4.78, 5) is 12.8. The summed E-state index contributed by atoms with van der Waals surface area (Å²) in [6.45, 7) is 6.65. The Labute approximate surface area is 142 Å². The zero-order chi connectivity index (χ0) is 17.5. The van der Waals surface area contributed by atoms with Gasteiger partial charge in [-0.2, -0.15) is 4.39 Å². The summed E-state index contributed by atoms with van der Waals surface area (Å²) in [7, 11) is 0. The molecule has 0 amide bonds. The van der Waals surface area contributed by atoms with Crippen LogP contribution in [-0.2, 0) is 4.79 Å². The van der Waals surface area contributed by atoms with Crippen molar-refractivity contribution in [2.45, 2.75) is 52.9 Å². The quantitative estimate of drug-likeness (QED) is 0.546. The molecule has 0 unspecified atom stereocenters. The maximum Gasteiger partial charge on any atom is 0.317 e. The lowest BCUT2D eigenvalue weighted by Gasteiger charge is -2.41. The number of ether oxygens (including phenoxy) is 1. The predicted molar refractivity (Wildman–Crippen MR) is 88.5 cm³/mol. The van der Waals surface area contributed by atoms with E-state index in [0.717, 1.165) is 31.7 Å². The average Bonchev–Trinajstić information content (AvgIpc) is 3.33. The maximum atomic E-state index is 13.8. The minimum atomic E-state index is -1.08. The first-order valence-corrected chi connectivity index (χ1v) is 9.01. The zero-order valence-electron chi connectivity index (χ0n) is 14.6. The molecule has 0 N–H and O–H groups in total. The molecule has 3 rings (SSSR count). The summed E-state index contributed by atoms with van der Waals surface area (Å²) >= 11 is 0. The van der Waals surface area contributed by atoms with Crippen LogP contribution < -0.4 is 4.74 Å². The van der Waals surface area contributed by atoms with Crippen molar-refractivity contribution in [2.75, 3.05) is 0 Å². The summed E-state index contributed by atoms with van der Waals surface area (Å²) in [6.07, 6.45) is 4.94. The van der Waals surface area contributed by atoms with Gasteiger partial charge in [-0.3, -0.25) is 4.79 Å². The van der Waals surface area contributed by atoms with Crippen LogP contribution in [-0.4, -0.2) is 5.97 Å². The molecule has 2 aliphatic carbocycles. The molecule has 1 aromatic carbocycles. The van der Waals surface area contributed by atoms with E-state index >= 15 is 0 Å². The van der Waals surface area contributed by atoms with Crippen LogP contribution in [0.1, 0.15) is 52.9 Å². The smallest absolute Gasteiger partial charge is 0.317 e. The molecule has 2 fully saturated rings. The molecule has 0 bridgehead atoms. The molecule has 0 heterocycles. The summed E-state index contributed by atoms with van der Waals surface area (Å²) in [6, 6.07) is 3.70. The number of esters is 1. The van der Waals surface area contributed by atoms with Gasteiger partial charge in [0, 0.05) is 0 Å². The minimum Gasteiger partial charge on any atom is -0.423 e. The molecule has 0 aromatic heterocycles. The van der Waals surface area contributed by atoms with E-state index in [1.165, 1.54) is 18.6 Å². The van der Waals surface area contributed by atoms with Crippen molar-refractivity contribution in [2.24, 2.45) is 29.1 Å². The van der Waals surface area contributed by atoms with Crippen molar-refractivity contribution < 1.29 is 18.3 Å². The standard InChI is InChI=1S/C20H26F2O2/c1-12(2)14-8-7-13(3)11-15(14)20(9-10-20)19(23)24-17-6-4-5-16(21)18(17)22/h4-6,12-15H,7-11H2,1-3H3/t13-,14+,15-/m1/s1. The van der Waals surface area contributed by atoms with Crippen molar-refractivity contribution >= 4 is 5.97 Å². The molecule has 3 atom stereocenters. The summed E-state index contributed by atoms with van der Waals surface area (Å²) in [5, 5.41) is 0. The first kappa shape index (κ1) is 17.4. The molecule has 0 radical (unpaired) electrons. The molecule has 24 heavy (non-hydrogen) atoms. The Morgan fingerprint density at radius 1 is 1.25 bits per heavy atom. The minimum absolute atomic E-state index is 0.283. The number of halogens is 2. The number of carbonyl (C=O) groups excluding carboxylic acids is 1. The van der Waals surface area contributed by atoms with Gasteiger partial charge in [-0.25, -0.2) is 4.39 Å². The molecular weight excluding hydrogens is 310 g/mol. The molecular formula is C20H26F2O2. The Morgan fingerprint density at radius 3 is 2.58 bits per heavy atom. The fourth-order valence-electron chi connectivity index (χ4n) is 4.46. The third-order valence-electron chi connectivity index (χ3n) is 6.05. The number of rotatable bonds is 4. The summed E-state index contributed by atoms with van der Waals surface area (Å²) in [5.41, 5.74) is -0.498. The van der Waals surface area contributed by atoms with E-state index in [1.54, 1.807) is 0 Å². The average molecular weight is 336 g/mol. The van der Waals surface area contributed by atoms with Crippen LogP contribution in [0.5, 0.6) is 5.75 Å². The second-order valence-corrected chi connectivity index (χ2v) is 8.03. The highest BCUT2D eigenvalue weighted by molar-refractivity contribution is 5.82. The SMILES string of the molecule is CC(C)[C@@H]1CC[C@@H](C)C[C@H]1C1(C(=O)Oc2cccc(F)c2F)CC1. The van der Waals surface area contributed by atoms with Gasteiger partial charge in [0.1, 0.15) is 0 Å².